The predicted octanol–water partition coefficient (Wildman–Crippen LogP) is 3.65. The molecule has 1 aliphatic rings. The molecule has 7 nitrogen and oxygen atoms in total. The molecule has 32 heavy (non-hydrogen) atoms. The number of hydrogen-bond donors (Lipinski definition) is 2. The van der Waals surface area contributed by atoms with E-state index >= 15 is 0 Å². The molecule has 0 aromatic heterocycles. The molecule has 0 spiro atoms. The minimum atomic E-state index is -0.910. The first kappa shape index (κ1) is 23.3. The Bertz CT molecular complexity index is 1050. The molecule has 0 bridgehead atoms. The number of allylic oxidation sites excluding steroid dienone is 1. The van der Waals surface area contributed by atoms with E-state index in [1.807, 2.05) is 55.1 Å². The molecule has 2 N–H and O–H groups in total. The van der Waals surface area contributed by atoms with Gasteiger partial charge in [0.2, 0.25) is 0 Å². The molecule has 0 saturated carbocycles. The van der Waals surface area contributed by atoms with E-state index < -0.39 is 12.0 Å². The first-order valence-corrected chi connectivity index (χ1v) is 10.6. The van der Waals surface area contributed by atoms with Gasteiger partial charge in [0, 0.05) is 25.5 Å². The first-order valence-electron chi connectivity index (χ1n) is 10.2. The van der Waals surface area contributed by atoms with Crippen molar-refractivity contribution < 1.29 is 19.4 Å². The van der Waals surface area contributed by atoms with Crippen molar-refractivity contribution in [3.63, 3.8) is 0 Å². The minimum Gasteiger partial charge on any atom is -0.493 e. The van der Waals surface area contributed by atoms with Gasteiger partial charge in [0.25, 0.3) is 5.91 Å². The summed E-state index contributed by atoms with van der Waals surface area (Å²) in [5.41, 5.74) is 4.24. The van der Waals surface area contributed by atoms with Gasteiger partial charge in [0.15, 0.2) is 5.11 Å². The van der Waals surface area contributed by atoms with E-state index in [1.54, 1.807) is 31.1 Å². The SMILES string of the molecule is CC1=C(C(=O)N(C)C)C(c2ccc(OCCC(=O)O)cc2)NC(=S)N1c1ccc(C)cc1. The third kappa shape index (κ3) is 5.08. The standard InChI is InChI=1S/C24H27N3O4S/c1-15-5-9-18(10-6-15)27-16(2)21(23(30)26(3)4)22(25-24(27)32)17-7-11-19(12-8-17)31-14-13-20(28)29/h5-12,22H,13-14H2,1-4H3,(H,25,32)(H,28,29). The van der Waals surface area contributed by atoms with Gasteiger partial charge in [-0.05, 0) is 55.9 Å². The van der Waals surface area contributed by atoms with Crippen LogP contribution in [0.5, 0.6) is 5.75 Å². The predicted molar refractivity (Wildman–Crippen MR) is 128 cm³/mol. The Morgan fingerprint density at radius 3 is 2.28 bits per heavy atom. The molecular weight excluding hydrogens is 426 g/mol. The van der Waals surface area contributed by atoms with E-state index in [0.29, 0.717) is 16.4 Å². The molecule has 8 heteroatoms. The van der Waals surface area contributed by atoms with Gasteiger partial charge < -0.3 is 20.1 Å². The summed E-state index contributed by atoms with van der Waals surface area (Å²) >= 11 is 5.68. The molecule has 3 rings (SSSR count). The molecule has 1 amide bonds. The van der Waals surface area contributed by atoms with Crippen molar-refractivity contribution in [3.8, 4) is 5.75 Å². The van der Waals surface area contributed by atoms with Gasteiger partial charge in [-0.15, -0.1) is 0 Å². The summed E-state index contributed by atoms with van der Waals surface area (Å²) in [6.07, 6.45) is -0.0710. The topological polar surface area (TPSA) is 82.1 Å². The van der Waals surface area contributed by atoms with Crippen molar-refractivity contribution in [2.24, 2.45) is 0 Å². The van der Waals surface area contributed by atoms with Crippen molar-refractivity contribution in [1.29, 1.82) is 0 Å². The van der Waals surface area contributed by atoms with Crippen molar-refractivity contribution in [1.82, 2.24) is 10.2 Å². The number of carbonyl (C=O) groups excluding carboxylic acids is 1. The van der Waals surface area contributed by atoms with Crippen LogP contribution in [0.2, 0.25) is 0 Å². The molecule has 1 atom stereocenters. The third-order valence-electron chi connectivity index (χ3n) is 5.21. The highest BCUT2D eigenvalue weighted by atomic mass is 32.1. The second-order valence-corrected chi connectivity index (χ2v) is 8.20. The highest BCUT2D eigenvalue weighted by molar-refractivity contribution is 7.80. The number of likely N-dealkylation sites (N-methyl/N-ethyl adjacent to an activating group) is 1. The third-order valence-corrected chi connectivity index (χ3v) is 5.51. The zero-order valence-electron chi connectivity index (χ0n) is 18.6. The zero-order chi connectivity index (χ0) is 23.4. The molecule has 0 radical (unpaired) electrons. The molecule has 1 unspecified atom stereocenters. The molecule has 0 saturated heterocycles. The minimum absolute atomic E-state index is 0.0710. The van der Waals surface area contributed by atoms with E-state index in [1.165, 1.54) is 0 Å². The summed E-state index contributed by atoms with van der Waals surface area (Å²) in [6.45, 7) is 4.01. The number of anilines is 1. The summed E-state index contributed by atoms with van der Waals surface area (Å²) < 4.78 is 5.48. The second-order valence-electron chi connectivity index (χ2n) is 7.81. The largest absolute Gasteiger partial charge is 0.493 e. The van der Waals surface area contributed by atoms with E-state index in [2.05, 4.69) is 5.32 Å². The maximum Gasteiger partial charge on any atom is 0.306 e. The molecule has 1 heterocycles. The van der Waals surface area contributed by atoms with Crippen LogP contribution >= 0.6 is 12.2 Å². The Morgan fingerprint density at radius 1 is 1.09 bits per heavy atom. The van der Waals surface area contributed by atoms with Crippen LogP contribution in [0.4, 0.5) is 5.69 Å². The van der Waals surface area contributed by atoms with E-state index in [4.69, 9.17) is 22.1 Å². The number of carbonyl (C=O) groups is 2. The quantitative estimate of drug-likeness (QED) is 0.620. The van der Waals surface area contributed by atoms with Gasteiger partial charge in [0.05, 0.1) is 24.6 Å². The fourth-order valence-corrected chi connectivity index (χ4v) is 3.89. The lowest BCUT2D eigenvalue weighted by molar-refractivity contribution is -0.137. The molecule has 0 fully saturated rings. The summed E-state index contributed by atoms with van der Waals surface area (Å²) in [5.74, 6) is -0.454. The lowest BCUT2D eigenvalue weighted by atomic mass is 9.93. The lowest BCUT2D eigenvalue weighted by Crippen LogP contribution is -2.49. The number of aliphatic carboxylic acids is 1. The number of ether oxygens (including phenoxy) is 1. The van der Waals surface area contributed by atoms with Crippen LogP contribution in [0.1, 0.15) is 30.5 Å². The van der Waals surface area contributed by atoms with Gasteiger partial charge in [-0.3, -0.25) is 14.5 Å². The van der Waals surface area contributed by atoms with E-state index in [0.717, 1.165) is 22.5 Å². The average Bonchev–Trinajstić information content (AvgIpc) is 2.74. The van der Waals surface area contributed by atoms with Gasteiger partial charge in [-0.2, -0.15) is 0 Å². The number of thiocarbonyl (C=S) groups is 1. The molecule has 1 aliphatic heterocycles. The monoisotopic (exact) mass is 453 g/mol. The fraction of sp³-hybridized carbons (Fsp3) is 0.292. The second kappa shape index (κ2) is 9.82. The maximum atomic E-state index is 13.2. The summed E-state index contributed by atoms with van der Waals surface area (Å²) in [7, 11) is 3.45. The van der Waals surface area contributed by atoms with Crippen molar-refractivity contribution in [3.05, 3.63) is 70.9 Å². The summed E-state index contributed by atoms with van der Waals surface area (Å²) in [5, 5.41) is 12.6. The Kier molecular flexibility index (Phi) is 7.15. The van der Waals surface area contributed by atoms with E-state index in [-0.39, 0.29) is 18.9 Å². The van der Waals surface area contributed by atoms with Crippen LogP contribution in [-0.2, 0) is 9.59 Å². The number of rotatable bonds is 7. The normalized spacial score (nSPS) is 15.9. The van der Waals surface area contributed by atoms with Crippen LogP contribution in [0.15, 0.2) is 59.8 Å². The molecule has 168 valence electrons. The number of nitrogens with one attached hydrogen (secondary N) is 1. The van der Waals surface area contributed by atoms with Crippen LogP contribution in [0, 0.1) is 6.92 Å². The molecule has 2 aromatic rings. The molecular formula is C24H27N3O4S. The maximum absolute atomic E-state index is 13.2. The number of benzene rings is 2. The summed E-state index contributed by atoms with van der Waals surface area (Å²) in [6, 6.07) is 14.8. The van der Waals surface area contributed by atoms with E-state index in [9.17, 15) is 9.59 Å². The smallest absolute Gasteiger partial charge is 0.306 e. The number of carboxylic acid groups (broad SMARTS) is 1. The number of nitrogens with zero attached hydrogens (tertiary/aromatic N) is 2. The zero-order valence-corrected chi connectivity index (χ0v) is 19.4. The Balaban J connectivity index is 1.96. The van der Waals surface area contributed by atoms with Gasteiger partial charge in [0.1, 0.15) is 5.75 Å². The Labute approximate surface area is 193 Å². The number of carboxylic acids is 1. The van der Waals surface area contributed by atoms with Crippen molar-refractivity contribution >= 4 is 34.9 Å². The van der Waals surface area contributed by atoms with Crippen LogP contribution in [0.25, 0.3) is 0 Å². The molecule has 2 aromatic carbocycles. The van der Waals surface area contributed by atoms with Crippen molar-refractivity contribution in [2.75, 3.05) is 25.6 Å². The number of hydrogen-bond acceptors (Lipinski definition) is 4. The Morgan fingerprint density at radius 2 is 1.72 bits per heavy atom. The number of amides is 1. The van der Waals surface area contributed by atoms with Gasteiger partial charge in [-0.25, -0.2) is 0 Å². The summed E-state index contributed by atoms with van der Waals surface area (Å²) in [4.78, 5) is 27.3. The van der Waals surface area contributed by atoms with Gasteiger partial charge in [-0.1, -0.05) is 29.8 Å². The Hall–Kier alpha value is -3.39. The van der Waals surface area contributed by atoms with Crippen LogP contribution in [0.3, 0.4) is 0 Å². The van der Waals surface area contributed by atoms with Crippen molar-refractivity contribution in [2.45, 2.75) is 26.3 Å². The lowest BCUT2D eigenvalue weighted by Gasteiger charge is -2.38. The van der Waals surface area contributed by atoms with Crippen LogP contribution < -0.4 is 15.0 Å². The molecule has 0 aliphatic carbocycles. The highest BCUT2D eigenvalue weighted by Crippen LogP contribution is 2.35. The first-order chi connectivity index (χ1) is 15.2. The highest BCUT2D eigenvalue weighted by Gasteiger charge is 2.35. The van der Waals surface area contributed by atoms with Crippen LogP contribution in [-0.4, -0.2) is 47.7 Å². The average molecular weight is 454 g/mol. The number of aryl methyl sites for hydroxylation is 1. The van der Waals surface area contributed by atoms with Gasteiger partial charge >= 0.3 is 5.97 Å². The fourth-order valence-electron chi connectivity index (χ4n) is 3.53.